The minimum atomic E-state index is -0.896. The molecule has 72 valence electrons. The minimum absolute atomic E-state index is 0.110. The molecule has 0 fully saturated rings. The van der Waals surface area contributed by atoms with E-state index < -0.39 is 5.97 Å². The Balaban J connectivity index is 2.44. The van der Waals surface area contributed by atoms with Crippen LogP contribution in [0, 0.1) is 0 Å². The van der Waals surface area contributed by atoms with Gasteiger partial charge in [-0.25, -0.2) is 4.98 Å². The van der Waals surface area contributed by atoms with Crippen molar-refractivity contribution in [3.8, 4) is 0 Å². The molecule has 0 amide bonds. The minimum Gasteiger partial charge on any atom is -0.480 e. The maximum absolute atomic E-state index is 10.2. The monoisotopic (exact) mass is 201 g/mol. The molecule has 0 aliphatic rings. The number of hydrogen-bond acceptors (Lipinski definition) is 5. The van der Waals surface area contributed by atoms with Gasteiger partial charge in [-0.15, -0.1) is 0 Å². The molecule has 2 N–H and O–H groups in total. The first kappa shape index (κ1) is 9.91. The predicted octanol–water partition coefficient (Wildman–Crippen LogP) is 0.987. The van der Waals surface area contributed by atoms with Crippen molar-refractivity contribution in [1.29, 1.82) is 0 Å². The summed E-state index contributed by atoms with van der Waals surface area (Å²) in [4.78, 5) is 14.3. The normalized spacial score (nSPS) is 9.92. The Hall–Kier alpha value is -1.17. The molecular formula is C7H11N3O2S. The molecule has 6 heteroatoms. The zero-order valence-electron chi connectivity index (χ0n) is 7.28. The summed E-state index contributed by atoms with van der Waals surface area (Å²) >= 11 is 1.20. The standard InChI is InChI=1S/C7H11N3O2S/c1-2-3-5-9-7(13-10-5)8-4-6(11)12/h2-4H2,1H3,(H,11,12)(H,8,9,10). The summed E-state index contributed by atoms with van der Waals surface area (Å²) in [5.41, 5.74) is 0. The van der Waals surface area contributed by atoms with Gasteiger partial charge in [0.05, 0.1) is 0 Å². The van der Waals surface area contributed by atoms with Gasteiger partial charge in [0.15, 0.2) is 0 Å². The van der Waals surface area contributed by atoms with Gasteiger partial charge in [-0.2, -0.15) is 4.37 Å². The number of rotatable bonds is 5. The first-order valence-electron chi connectivity index (χ1n) is 4.00. The molecule has 0 radical (unpaired) electrons. The lowest BCUT2D eigenvalue weighted by atomic mass is 10.3. The quantitative estimate of drug-likeness (QED) is 0.743. The molecule has 1 aromatic heterocycles. The third-order valence-electron chi connectivity index (χ3n) is 1.33. The fraction of sp³-hybridized carbons (Fsp3) is 0.571. The molecule has 0 saturated carbocycles. The Labute approximate surface area is 80.0 Å². The van der Waals surface area contributed by atoms with Crippen LogP contribution in [0.5, 0.6) is 0 Å². The lowest BCUT2D eigenvalue weighted by Crippen LogP contribution is -2.11. The number of nitrogens with zero attached hydrogens (tertiary/aromatic N) is 2. The lowest BCUT2D eigenvalue weighted by molar-refractivity contribution is -0.134. The Morgan fingerprint density at radius 2 is 2.46 bits per heavy atom. The number of carbonyl (C=O) groups is 1. The Morgan fingerprint density at radius 1 is 1.69 bits per heavy atom. The summed E-state index contributed by atoms with van der Waals surface area (Å²) in [6, 6.07) is 0. The number of hydrogen-bond donors (Lipinski definition) is 2. The first-order chi connectivity index (χ1) is 6.22. The van der Waals surface area contributed by atoms with E-state index in [1.54, 1.807) is 0 Å². The van der Waals surface area contributed by atoms with E-state index in [2.05, 4.69) is 14.7 Å². The van der Waals surface area contributed by atoms with Crippen molar-refractivity contribution in [2.75, 3.05) is 11.9 Å². The van der Waals surface area contributed by atoms with Crippen LogP contribution in [0.25, 0.3) is 0 Å². The number of aromatic nitrogens is 2. The molecule has 0 saturated heterocycles. The van der Waals surface area contributed by atoms with Crippen LogP contribution in [0.1, 0.15) is 19.2 Å². The summed E-state index contributed by atoms with van der Waals surface area (Å²) in [5, 5.41) is 11.6. The smallest absolute Gasteiger partial charge is 0.322 e. The number of carboxylic acid groups (broad SMARTS) is 1. The van der Waals surface area contributed by atoms with E-state index in [4.69, 9.17) is 5.11 Å². The van der Waals surface area contributed by atoms with Gasteiger partial charge in [-0.3, -0.25) is 4.79 Å². The van der Waals surface area contributed by atoms with E-state index in [1.165, 1.54) is 11.5 Å². The van der Waals surface area contributed by atoms with Crippen LogP contribution in [0.2, 0.25) is 0 Å². The maximum atomic E-state index is 10.2. The van der Waals surface area contributed by atoms with E-state index >= 15 is 0 Å². The van der Waals surface area contributed by atoms with Crippen molar-refractivity contribution in [3.05, 3.63) is 5.82 Å². The molecule has 0 bridgehead atoms. The van der Waals surface area contributed by atoms with Crippen molar-refractivity contribution < 1.29 is 9.90 Å². The summed E-state index contributed by atoms with van der Waals surface area (Å²) < 4.78 is 4.06. The second-order valence-corrected chi connectivity index (χ2v) is 3.26. The highest BCUT2D eigenvalue weighted by atomic mass is 32.1. The summed E-state index contributed by atoms with van der Waals surface area (Å²) in [7, 11) is 0. The van der Waals surface area contributed by atoms with E-state index in [0.29, 0.717) is 5.13 Å². The molecule has 1 aromatic rings. The molecular weight excluding hydrogens is 190 g/mol. The van der Waals surface area contributed by atoms with Crippen molar-refractivity contribution >= 4 is 22.6 Å². The number of aryl methyl sites for hydroxylation is 1. The topological polar surface area (TPSA) is 75.1 Å². The van der Waals surface area contributed by atoms with Gasteiger partial charge in [-0.05, 0) is 6.42 Å². The second kappa shape index (κ2) is 4.76. The van der Waals surface area contributed by atoms with Gasteiger partial charge in [0.1, 0.15) is 12.4 Å². The Kier molecular flexibility index (Phi) is 3.63. The van der Waals surface area contributed by atoms with Gasteiger partial charge in [0.2, 0.25) is 5.13 Å². The fourth-order valence-electron chi connectivity index (χ4n) is 0.802. The van der Waals surface area contributed by atoms with Crippen LogP contribution in [0.15, 0.2) is 0 Å². The van der Waals surface area contributed by atoms with Crippen molar-refractivity contribution in [3.63, 3.8) is 0 Å². The zero-order valence-corrected chi connectivity index (χ0v) is 8.10. The van der Waals surface area contributed by atoms with Crippen LogP contribution in [-0.2, 0) is 11.2 Å². The first-order valence-corrected chi connectivity index (χ1v) is 4.78. The lowest BCUT2D eigenvalue weighted by Gasteiger charge is -1.94. The molecule has 0 aliphatic heterocycles. The number of nitrogens with one attached hydrogen (secondary N) is 1. The van der Waals surface area contributed by atoms with Crippen LogP contribution in [0.4, 0.5) is 5.13 Å². The van der Waals surface area contributed by atoms with E-state index in [9.17, 15) is 4.79 Å². The summed E-state index contributed by atoms with van der Waals surface area (Å²) in [6.07, 6.45) is 1.83. The Bertz CT molecular complexity index is 287. The number of anilines is 1. The Morgan fingerprint density at radius 3 is 3.08 bits per heavy atom. The molecule has 0 aromatic carbocycles. The highest BCUT2D eigenvalue weighted by Gasteiger charge is 2.03. The van der Waals surface area contributed by atoms with Crippen molar-refractivity contribution in [2.45, 2.75) is 19.8 Å². The summed E-state index contributed by atoms with van der Waals surface area (Å²) in [6.45, 7) is 1.94. The zero-order chi connectivity index (χ0) is 9.68. The van der Waals surface area contributed by atoms with Crippen LogP contribution in [-0.4, -0.2) is 27.0 Å². The molecule has 0 aliphatic carbocycles. The summed E-state index contributed by atoms with van der Waals surface area (Å²) in [5.74, 6) is -0.118. The molecule has 5 nitrogen and oxygen atoms in total. The SMILES string of the molecule is CCCc1nsc(NCC(=O)O)n1. The average molecular weight is 201 g/mol. The number of carboxylic acids is 1. The largest absolute Gasteiger partial charge is 0.480 e. The molecule has 13 heavy (non-hydrogen) atoms. The highest BCUT2D eigenvalue weighted by Crippen LogP contribution is 2.11. The van der Waals surface area contributed by atoms with Crippen molar-refractivity contribution in [1.82, 2.24) is 9.36 Å². The highest BCUT2D eigenvalue weighted by molar-refractivity contribution is 7.09. The van der Waals surface area contributed by atoms with Gasteiger partial charge >= 0.3 is 5.97 Å². The molecule has 1 heterocycles. The van der Waals surface area contributed by atoms with Gasteiger partial charge < -0.3 is 10.4 Å². The van der Waals surface area contributed by atoms with Gasteiger partial charge in [0.25, 0.3) is 0 Å². The predicted molar refractivity (Wildman–Crippen MR) is 50.0 cm³/mol. The van der Waals surface area contributed by atoms with Crippen LogP contribution in [0.3, 0.4) is 0 Å². The van der Waals surface area contributed by atoms with E-state index in [1.807, 2.05) is 6.92 Å². The number of aliphatic carboxylic acids is 1. The van der Waals surface area contributed by atoms with Gasteiger partial charge in [0, 0.05) is 18.0 Å². The molecule has 0 unspecified atom stereocenters. The fourth-order valence-corrected chi connectivity index (χ4v) is 1.41. The van der Waals surface area contributed by atoms with Crippen LogP contribution >= 0.6 is 11.5 Å². The second-order valence-electron chi connectivity index (χ2n) is 2.51. The van der Waals surface area contributed by atoms with Crippen LogP contribution < -0.4 is 5.32 Å². The van der Waals surface area contributed by atoms with E-state index in [0.717, 1.165) is 18.7 Å². The molecule has 0 atom stereocenters. The third kappa shape index (κ3) is 3.37. The molecule has 0 spiro atoms. The average Bonchev–Trinajstić information content (AvgIpc) is 2.50. The maximum Gasteiger partial charge on any atom is 0.322 e. The van der Waals surface area contributed by atoms with Crippen molar-refractivity contribution in [2.24, 2.45) is 0 Å². The van der Waals surface area contributed by atoms with E-state index in [-0.39, 0.29) is 6.54 Å². The van der Waals surface area contributed by atoms with Gasteiger partial charge in [-0.1, -0.05) is 6.92 Å². The third-order valence-corrected chi connectivity index (χ3v) is 2.04. The molecule has 1 rings (SSSR count).